The molecule has 4 nitrogen and oxygen atoms in total. The lowest BCUT2D eigenvalue weighted by atomic mass is 10.0. The second-order valence-electron chi connectivity index (χ2n) is 8.92. The van der Waals surface area contributed by atoms with Crippen LogP contribution in [0.25, 0.3) is 0 Å². The maximum absolute atomic E-state index is 12.6. The van der Waals surface area contributed by atoms with Gasteiger partial charge in [-0.15, -0.1) is 0 Å². The Balaban J connectivity index is 1.42. The van der Waals surface area contributed by atoms with Gasteiger partial charge in [0.2, 0.25) is 0 Å². The van der Waals surface area contributed by atoms with Gasteiger partial charge in [-0.05, 0) is 18.6 Å². The molecule has 0 unspecified atom stereocenters. The van der Waals surface area contributed by atoms with Gasteiger partial charge in [-0.25, -0.2) is 4.98 Å². The zero-order chi connectivity index (χ0) is 22.7. The molecule has 1 aromatic carbocycles. The number of carbonyl (C=O) groups excluding carboxylic acids is 1. The summed E-state index contributed by atoms with van der Waals surface area (Å²) in [6, 6.07) is 7.46. The molecule has 0 N–H and O–H groups in total. The third kappa shape index (κ3) is 11.0. The highest BCUT2D eigenvalue weighted by Crippen LogP contribution is 2.20. The van der Waals surface area contributed by atoms with Gasteiger partial charge in [0.1, 0.15) is 12.1 Å². The van der Waals surface area contributed by atoms with Crippen LogP contribution in [-0.2, 0) is 0 Å². The molecule has 0 aliphatic rings. The van der Waals surface area contributed by atoms with Gasteiger partial charge in [0, 0.05) is 12.4 Å². The average molecular weight is 441 g/mol. The van der Waals surface area contributed by atoms with Crippen molar-refractivity contribution in [3.63, 3.8) is 0 Å². The van der Waals surface area contributed by atoms with Gasteiger partial charge in [-0.1, -0.05) is 115 Å². The molecule has 0 spiro atoms. The third-order valence-corrected chi connectivity index (χ3v) is 6.11. The number of nitrogens with zero attached hydrogens (tertiary/aromatic N) is 2. The van der Waals surface area contributed by atoms with Gasteiger partial charge >= 0.3 is 0 Å². The van der Waals surface area contributed by atoms with Crippen LogP contribution in [0.15, 0.2) is 43.0 Å². The van der Waals surface area contributed by atoms with Crippen molar-refractivity contribution in [2.24, 2.45) is 0 Å². The molecule has 0 bridgehead atoms. The van der Waals surface area contributed by atoms with E-state index in [4.69, 9.17) is 4.74 Å². The molecule has 2 rings (SSSR count). The Hall–Kier alpha value is -2.10. The van der Waals surface area contributed by atoms with Crippen LogP contribution in [0.3, 0.4) is 0 Å². The Bertz CT molecular complexity index is 712. The van der Waals surface area contributed by atoms with Gasteiger partial charge in [-0.3, -0.25) is 9.36 Å². The smallest absolute Gasteiger partial charge is 0.266 e. The maximum atomic E-state index is 12.6. The van der Waals surface area contributed by atoms with Gasteiger partial charge in [0.15, 0.2) is 0 Å². The lowest BCUT2D eigenvalue weighted by Crippen LogP contribution is -2.12. The number of aromatic nitrogens is 2. The highest BCUT2D eigenvalue weighted by Gasteiger charge is 2.13. The molecular weight excluding hydrogens is 396 g/mol. The molecule has 0 amide bonds. The number of para-hydroxylation sites is 1. The zero-order valence-corrected chi connectivity index (χ0v) is 20.3. The van der Waals surface area contributed by atoms with Crippen LogP contribution in [0.1, 0.15) is 120 Å². The van der Waals surface area contributed by atoms with Crippen molar-refractivity contribution in [3.8, 4) is 5.75 Å². The van der Waals surface area contributed by atoms with Gasteiger partial charge in [-0.2, -0.15) is 0 Å². The van der Waals surface area contributed by atoms with Crippen molar-refractivity contribution in [1.82, 2.24) is 9.55 Å². The normalized spacial score (nSPS) is 11.0. The molecule has 0 atom stereocenters. The molecule has 0 saturated heterocycles. The fourth-order valence-electron chi connectivity index (χ4n) is 4.12. The predicted molar refractivity (Wildman–Crippen MR) is 133 cm³/mol. The summed E-state index contributed by atoms with van der Waals surface area (Å²) < 4.78 is 7.40. The Morgan fingerprint density at radius 3 is 1.84 bits per heavy atom. The summed E-state index contributed by atoms with van der Waals surface area (Å²) in [6.45, 7) is 2.94. The molecule has 0 aliphatic heterocycles. The minimum Gasteiger partial charge on any atom is -0.493 e. The molecular formula is C28H44N2O2. The van der Waals surface area contributed by atoms with E-state index in [9.17, 15) is 4.79 Å². The Morgan fingerprint density at radius 1 is 0.781 bits per heavy atom. The molecule has 1 heterocycles. The lowest BCUT2D eigenvalue weighted by molar-refractivity contribution is 0.0955. The number of hydrogen-bond acceptors (Lipinski definition) is 3. The minimum absolute atomic E-state index is 0.106. The fourth-order valence-corrected chi connectivity index (χ4v) is 4.12. The highest BCUT2D eigenvalue weighted by molar-refractivity contribution is 5.98. The average Bonchev–Trinajstić information content (AvgIpc) is 3.36. The topological polar surface area (TPSA) is 44.1 Å². The first-order valence-corrected chi connectivity index (χ1v) is 13.1. The monoisotopic (exact) mass is 440 g/mol. The van der Waals surface area contributed by atoms with Gasteiger partial charge < -0.3 is 4.74 Å². The van der Waals surface area contributed by atoms with E-state index in [0.29, 0.717) is 17.9 Å². The predicted octanol–water partition coefficient (Wildman–Crippen LogP) is 8.21. The first-order valence-electron chi connectivity index (χ1n) is 13.1. The molecule has 2 aromatic rings. The number of benzene rings is 1. The quantitative estimate of drug-likeness (QED) is 0.207. The third-order valence-electron chi connectivity index (χ3n) is 6.11. The van der Waals surface area contributed by atoms with E-state index in [2.05, 4.69) is 11.9 Å². The minimum atomic E-state index is -0.106. The Labute approximate surface area is 195 Å². The summed E-state index contributed by atoms with van der Waals surface area (Å²) in [7, 11) is 0. The van der Waals surface area contributed by atoms with Crippen LogP contribution in [-0.4, -0.2) is 22.1 Å². The van der Waals surface area contributed by atoms with Crippen LogP contribution in [0, 0.1) is 0 Å². The lowest BCUT2D eigenvalue weighted by Gasteiger charge is -2.11. The maximum Gasteiger partial charge on any atom is 0.266 e. The van der Waals surface area contributed by atoms with E-state index in [-0.39, 0.29) is 5.91 Å². The second-order valence-corrected chi connectivity index (χ2v) is 8.92. The molecule has 32 heavy (non-hydrogen) atoms. The van der Waals surface area contributed by atoms with E-state index >= 15 is 0 Å². The fraction of sp³-hybridized carbons (Fsp3) is 0.643. The van der Waals surface area contributed by atoms with Crippen molar-refractivity contribution in [3.05, 3.63) is 48.5 Å². The Morgan fingerprint density at radius 2 is 1.31 bits per heavy atom. The van der Waals surface area contributed by atoms with Gasteiger partial charge in [0.05, 0.1) is 12.2 Å². The second kappa shape index (κ2) is 17.5. The highest BCUT2D eigenvalue weighted by atomic mass is 16.5. The van der Waals surface area contributed by atoms with Crippen LogP contribution < -0.4 is 4.74 Å². The first kappa shape index (κ1) is 26.2. The SMILES string of the molecule is CCCCCCCCCCCCCCCCCCOc1ccccc1C(=O)n1ccnc1. The van der Waals surface area contributed by atoms with Crippen LogP contribution >= 0.6 is 0 Å². The molecule has 0 radical (unpaired) electrons. The van der Waals surface area contributed by atoms with Crippen molar-refractivity contribution in [2.75, 3.05) is 6.61 Å². The van der Waals surface area contributed by atoms with Crippen LogP contribution in [0.5, 0.6) is 5.75 Å². The van der Waals surface area contributed by atoms with Crippen LogP contribution in [0.2, 0.25) is 0 Å². The number of rotatable bonds is 19. The zero-order valence-electron chi connectivity index (χ0n) is 20.3. The summed E-state index contributed by atoms with van der Waals surface area (Å²) >= 11 is 0. The van der Waals surface area contributed by atoms with E-state index in [1.165, 1.54) is 107 Å². The van der Waals surface area contributed by atoms with E-state index in [1.807, 2.05) is 24.3 Å². The summed E-state index contributed by atoms with van der Waals surface area (Å²) in [5.41, 5.74) is 0.585. The number of ether oxygens (including phenoxy) is 1. The number of unbranched alkanes of at least 4 members (excludes halogenated alkanes) is 15. The molecule has 0 fully saturated rings. The van der Waals surface area contributed by atoms with E-state index in [0.717, 1.165) is 6.42 Å². The van der Waals surface area contributed by atoms with Gasteiger partial charge in [0.25, 0.3) is 5.91 Å². The number of carbonyl (C=O) groups is 1. The number of imidazole rings is 1. The molecule has 1 aromatic heterocycles. The summed E-state index contributed by atoms with van der Waals surface area (Å²) in [5.74, 6) is 0.553. The van der Waals surface area contributed by atoms with Crippen molar-refractivity contribution < 1.29 is 9.53 Å². The van der Waals surface area contributed by atoms with E-state index < -0.39 is 0 Å². The van der Waals surface area contributed by atoms with Crippen molar-refractivity contribution in [2.45, 2.75) is 110 Å². The molecule has 4 heteroatoms. The molecule has 0 aliphatic carbocycles. The van der Waals surface area contributed by atoms with Crippen molar-refractivity contribution >= 4 is 5.91 Å². The largest absolute Gasteiger partial charge is 0.493 e. The first-order chi connectivity index (χ1) is 15.8. The van der Waals surface area contributed by atoms with Crippen LogP contribution in [0.4, 0.5) is 0 Å². The van der Waals surface area contributed by atoms with E-state index in [1.54, 1.807) is 12.4 Å². The number of hydrogen-bond donors (Lipinski definition) is 0. The molecule has 0 saturated carbocycles. The Kier molecular flexibility index (Phi) is 14.3. The van der Waals surface area contributed by atoms with Crippen molar-refractivity contribution in [1.29, 1.82) is 0 Å². The standard InChI is InChI=1S/C28H44N2O2/c1-2-3-4-5-6-7-8-9-10-11-12-13-14-15-16-19-24-32-27-21-18-17-20-26(27)28(31)30-23-22-29-25-30/h17-18,20-23,25H,2-16,19,24H2,1H3. The summed E-state index contributed by atoms with van der Waals surface area (Å²) in [5, 5.41) is 0. The summed E-state index contributed by atoms with van der Waals surface area (Å²) in [6.07, 6.45) is 26.6. The molecule has 178 valence electrons. The summed E-state index contributed by atoms with van der Waals surface area (Å²) in [4.78, 5) is 16.5.